The molecule has 2 aromatic carbocycles. The Hall–Kier alpha value is -3.53. The summed E-state index contributed by atoms with van der Waals surface area (Å²) in [4.78, 5) is 36.2. The molecule has 2 aromatic rings. The van der Waals surface area contributed by atoms with Crippen LogP contribution in [-0.2, 0) is 30.3 Å². The van der Waals surface area contributed by atoms with Gasteiger partial charge in [-0.3, -0.25) is 0 Å². The Morgan fingerprint density at radius 3 is 1.82 bits per heavy atom. The van der Waals surface area contributed by atoms with Crippen molar-refractivity contribution in [2.24, 2.45) is 0 Å². The molecule has 0 bridgehead atoms. The second-order valence-corrected chi connectivity index (χ2v) is 7.49. The largest absolute Gasteiger partial charge is 0.453 e. The lowest BCUT2D eigenvalue weighted by Crippen LogP contribution is -2.36. The maximum atomic E-state index is 12.5. The number of benzene rings is 2. The highest BCUT2D eigenvalue weighted by Gasteiger charge is 2.51. The third-order valence-electron chi connectivity index (χ3n) is 5.33. The third-order valence-corrected chi connectivity index (χ3v) is 5.33. The summed E-state index contributed by atoms with van der Waals surface area (Å²) in [5, 5.41) is 9.11. The van der Waals surface area contributed by atoms with Gasteiger partial charge in [-0.15, -0.1) is 0 Å². The quantitative estimate of drug-likeness (QED) is 0.380. The molecule has 2 aliphatic heterocycles. The summed E-state index contributed by atoms with van der Waals surface area (Å²) in [7, 11) is 0. The summed E-state index contributed by atoms with van der Waals surface area (Å²) in [5.41, 5.74) is 1.30. The molecule has 4 atom stereocenters. The second kappa shape index (κ2) is 9.95. The maximum Gasteiger partial charge on any atom is 0.338 e. The number of aliphatic hydroxyl groups is 1. The van der Waals surface area contributed by atoms with Gasteiger partial charge < -0.3 is 28.8 Å². The van der Waals surface area contributed by atoms with Crippen molar-refractivity contribution in [1.82, 2.24) is 0 Å². The van der Waals surface area contributed by atoms with E-state index in [0.717, 1.165) is 6.08 Å². The van der Waals surface area contributed by atoms with Gasteiger partial charge in [0, 0.05) is 6.08 Å². The van der Waals surface area contributed by atoms with Crippen LogP contribution in [0, 0.1) is 0 Å². The normalized spacial score (nSPS) is 23.4. The van der Waals surface area contributed by atoms with Gasteiger partial charge >= 0.3 is 17.9 Å². The molecule has 4 rings (SSSR count). The Balaban J connectivity index is 1.32. The third kappa shape index (κ3) is 5.11. The molecule has 9 nitrogen and oxygen atoms in total. The fourth-order valence-electron chi connectivity index (χ4n) is 3.61. The molecule has 1 N–H and O–H groups in total. The van der Waals surface area contributed by atoms with Gasteiger partial charge in [-0.25, -0.2) is 14.4 Å². The van der Waals surface area contributed by atoms with E-state index >= 15 is 0 Å². The molecule has 0 amide bonds. The zero-order chi connectivity index (χ0) is 23.4. The van der Waals surface area contributed by atoms with E-state index in [1.165, 1.54) is 24.3 Å². The van der Waals surface area contributed by atoms with Crippen LogP contribution in [0.1, 0.15) is 26.3 Å². The maximum absolute atomic E-state index is 12.5. The van der Waals surface area contributed by atoms with Gasteiger partial charge in [0.1, 0.15) is 18.0 Å². The molecule has 2 saturated heterocycles. The number of rotatable bonds is 7. The van der Waals surface area contributed by atoms with Crippen molar-refractivity contribution in [2.45, 2.75) is 31.0 Å². The van der Waals surface area contributed by atoms with E-state index in [0.29, 0.717) is 11.1 Å². The molecule has 2 aliphatic rings. The van der Waals surface area contributed by atoms with Crippen molar-refractivity contribution in [2.75, 3.05) is 13.2 Å². The molecule has 0 aliphatic carbocycles. The summed E-state index contributed by atoms with van der Waals surface area (Å²) in [6.07, 6.45) is -1.37. The van der Waals surface area contributed by atoms with E-state index in [1.54, 1.807) is 24.3 Å². The number of ether oxygens (including phenoxy) is 5. The Bertz CT molecular complexity index is 1030. The smallest absolute Gasteiger partial charge is 0.338 e. The van der Waals surface area contributed by atoms with Crippen LogP contribution in [0.15, 0.2) is 61.2 Å². The minimum atomic E-state index is -0.659. The van der Waals surface area contributed by atoms with E-state index in [1.807, 2.05) is 0 Å². The van der Waals surface area contributed by atoms with E-state index in [2.05, 4.69) is 6.58 Å². The second-order valence-electron chi connectivity index (χ2n) is 7.49. The van der Waals surface area contributed by atoms with Crippen LogP contribution < -0.4 is 4.74 Å². The first kappa shape index (κ1) is 22.7. The summed E-state index contributed by atoms with van der Waals surface area (Å²) in [6, 6.07) is 12.3. The Morgan fingerprint density at radius 2 is 1.36 bits per heavy atom. The van der Waals surface area contributed by atoms with Crippen molar-refractivity contribution >= 4 is 17.9 Å². The van der Waals surface area contributed by atoms with Crippen LogP contribution in [0.2, 0.25) is 0 Å². The molecule has 0 unspecified atom stereocenters. The number of aliphatic hydroxyl groups excluding tert-OH is 1. The average molecular weight is 454 g/mol. The van der Waals surface area contributed by atoms with Crippen molar-refractivity contribution in [3.8, 4) is 5.75 Å². The molecule has 0 aromatic heterocycles. The monoisotopic (exact) mass is 454 g/mol. The van der Waals surface area contributed by atoms with Gasteiger partial charge in [0.2, 0.25) is 0 Å². The SMILES string of the molecule is C=CC(=O)Oc1ccc(C(=O)O[C@@H]2CO[C@H]3[C@@H]2OC[C@H]3OC(=O)c2ccc(CO)cc2)cc1. The van der Waals surface area contributed by atoms with Crippen LogP contribution in [-0.4, -0.2) is 60.6 Å². The van der Waals surface area contributed by atoms with E-state index < -0.39 is 42.3 Å². The van der Waals surface area contributed by atoms with Crippen molar-refractivity contribution < 1.29 is 43.2 Å². The molecule has 0 saturated carbocycles. The number of fused-ring (bicyclic) bond motifs is 1. The van der Waals surface area contributed by atoms with Crippen LogP contribution in [0.4, 0.5) is 0 Å². The van der Waals surface area contributed by atoms with E-state index in [-0.39, 0.29) is 31.1 Å². The molecule has 2 fully saturated rings. The minimum absolute atomic E-state index is 0.107. The zero-order valence-corrected chi connectivity index (χ0v) is 17.5. The summed E-state index contributed by atoms with van der Waals surface area (Å²) < 4.78 is 27.5. The predicted molar refractivity (Wildman–Crippen MR) is 113 cm³/mol. The number of hydrogen-bond acceptors (Lipinski definition) is 9. The highest BCUT2D eigenvalue weighted by molar-refractivity contribution is 5.90. The van der Waals surface area contributed by atoms with Crippen LogP contribution in [0.25, 0.3) is 0 Å². The Kier molecular flexibility index (Phi) is 6.83. The lowest BCUT2D eigenvalue weighted by atomic mass is 10.1. The Labute approximate surface area is 189 Å². The van der Waals surface area contributed by atoms with Crippen molar-refractivity contribution in [3.05, 3.63) is 77.9 Å². The summed E-state index contributed by atoms with van der Waals surface area (Å²) >= 11 is 0. The summed E-state index contributed by atoms with van der Waals surface area (Å²) in [6.45, 7) is 3.43. The van der Waals surface area contributed by atoms with Gasteiger partial charge in [0.15, 0.2) is 12.2 Å². The number of carbonyl (C=O) groups is 3. The van der Waals surface area contributed by atoms with Crippen LogP contribution >= 0.6 is 0 Å². The molecule has 0 spiro atoms. The predicted octanol–water partition coefficient (Wildman–Crippen LogP) is 1.82. The lowest BCUT2D eigenvalue weighted by Gasteiger charge is -2.17. The molecule has 0 radical (unpaired) electrons. The molecule has 2 heterocycles. The van der Waals surface area contributed by atoms with Gasteiger partial charge in [0.25, 0.3) is 0 Å². The zero-order valence-electron chi connectivity index (χ0n) is 17.5. The molecular formula is C24H22O9. The Morgan fingerprint density at radius 1 is 0.879 bits per heavy atom. The minimum Gasteiger partial charge on any atom is -0.453 e. The first-order valence-electron chi connectivity index (χ1n) is 10.3. The first-order chi connectivity index (χ1) is 16.0. The standard InChI is InChI=1S/C24H22O9/c1-2-20(26)31-17-9-7-16(8-10-17)24(28)33-19-13-30-21-18(12-29-22(19)21)32-23(27)15-5-3-14(11-25)4-6-15/h2-10,18-19,21-22,25H,1,11-13H2/t18-,19-,21-,22-/m1/s1. The van der Waals surface area contributed by atoms with Gasteiger partial charge in [0.05, 0.1) is 30.9 Å². The topological polar surface area (TPSA) is 118 Å². The van der Waals surface area contributed by atoms with Gasteiger partial charge in [-0.05, 0) is 42.0 Å². The molecule has 9 heteroatoms. The molecule has 172 valence electrons. The highest BCUT2D eigenvalue weighted by Crippen LogP contribution is 2.31. The fraction of sp³-hybridized carbons (Fsp3) is 0.292. The molecular weight excluding hydrogens is 432 g/mol. The van der Waals surface area contributed by atoms with Crippen LogP contribution in [0.3, 0.4) is 0 Å². The number of carbonyl (C=O) groups excluding carboxylic acids is 3. The van der Waals surface area contributed by atoms with Gasteiger partial charge in [-0.2, -0.15) is 0 Å². The lowest BCUT2D eigenvalue weighted by molar-refractivity contribution is -0.128. The average Bonchev–Trinajstić information content (AvgIpc) is 3.42. The van der Waals surface area contributed by atoms with Crippen molar-refractivity contribution in [1.29, 1.82) is 0 Å². The summed E-state index contributed by atoms with van der Waals surface area (Å²) in [5.74, 6) is -1.44. The van der Waals surface area contributed by atoms with Gasteiger partial charge in [-0.1, -0.05) is 18.7 Å². The van der Waals surface area contributed by atoms with E-state index in [9.17, 15) is 14.4 Å². The fourth-order valence-corrected chi connectivity index (χ4v) is 3.61. The van der Waals surface area contributed by atoms with E-state index in [4.69, 9.17) is 28.8 Å². The number of esters is 3. The van der Waals surface area contributed by atoms with Crippen molar-refractivity contribution in [3.63, 3.8) is 0 Å². The highest BCUT2D eigenvalue weighted by atomic mass is 16.7. The molecule has 33 heavy (non-hydrogen) atoms. The number of hydrogen-bond donors (Lipinski definition) is 1. The first-order valence-corrected chi connectivity index (χ1v) is 10.3. The van der Waals surface area contributed by atoms with Crippen LogP contribution in [0.5, 0.6) is 5.75 Å².